The Balaban J connectivity index is 1.76. The summed E-state index contributed by atoms with van der Waals surface area (Å²) < 4.78 is 4.96. The van der Waals surface area contributed by atoms with Crippen molar-refractivity contribution in [1.29, 1.82) is 0 Å². The van der Waals surface area contributed by atoms with Gasteiger partial charge < -0.3 is 4.52 Å². The van der Waals surface area contributed by atoms with E-state index in [1.807, 2.05) is 0 Å². The summed E-state index contributed by atoms with van der Waals surface area (Å²) in [6, 6.07) is 0. The molecule has 0 aliphatic heterocycles. The maximum Gasteiger partial charge on any atom is 0.320 e. The summed E-state index contributed by atoms with van der Waals surface area (Å²) in [7, 11) is 0. The molecule has 4 aliphatic rings. The zero-order chi connectivity index (χ0) is 10.8. The third kappa shape index (κ3) is 1.21. The van der Waals surface area contributed by atoms with Crippen LogP contribution < -0.4 is 0 Å². The van der Waals surface area contributed by atoms with Crippen LogP contribution in [0.3, 0.4) is 0 Å². The number of nitrogens with zero attached hydrogens (tertiary/aromatic N) is 2. The van der Waals surface area contributed by atoms with Crippen molar-refractivity contribution in [2.45, 2.75) is 43.9 Å². The topological polar surface area (TPSA) is 38.9 Å². The van der Waals surface area contributed by atoms with Crippen LogP contribution >= 0.6 is 11.6 Å². The summed E-state index contributed by atoms with van der Waals surface area (Å²) in [5.74, 6) is 3.60. The van der Waals surface area contributed by atoms with Crippen molar-refractivity contribution in [3.63, 3.8) is 0 Å². The van der Waals surface area contributed by atoms with Crippen molar-refractivity contribution in [2.75, 3.05) is 0 Å². The van der Waals surface area contributed by atoms with E-state index in [0.717, 1.165) is 23.6 Å². The van der Waals surface area contributed by atoms with Crippen molar-refractivity contribution in [2.24, 2.45) is 17.8 Å². The van der Waals surface area contributed by atoms with Gasteiger partial charge in [0, 0.05) is 5.41 Å². The molecular weight excluding hydrogens is 224 g/mol. The van der Waals surface area contributed by atoms with Crippen LogP contribution in [0.1, 0.15) is 44.3 Å². The minimum atomic E-state index is 0.200. The lowest BCUT2D eigenvalue weighted by atomic mass is 9.49. The van der Waals surface area contributed by atoms with Crippen molar-refractivity contribution in [3.05, 3.63) is 11.2 Å². The molecule has 16 heavy (non-hydrogen) atoms. The molecule has 0 aromatic carbocycles. The molecule has 4 saturated carbocycles. The van der Waals surface area contributed by atoms with Gasteiger partial charge >= 0.3 is 5.35 Å². The number of halogens is 1. The summed E-state index contributed by atoms with van der Waals surface area (Å²) in [6.07, 6.45) is 8.08. The summed E-state index contributed by atoms with van der Waals surface area (Å²) in [5.41, 5.74) is 0.214. The standard InChI is InChI=1S/C12H15ClN2O/c13-11-14-10(15-16-11)12-4-7-1-8(5-12)3-9(2-7)6-12/h7-9H,1-6H2. The van der Waals surface area contributed by atoms with Crippen LogP contribution in [-0.4, -0.2) is 10.1 Å². The normalized spacial score (nSPS) is 45.2. The summed E-state index contributed by atoms with van der Waals surface area (Å²) >= 11 is 5.76. The molecule has 0 amide bonds. The Morgan fingerprint density at radius 2 is 1.62 bits per heavy atom. The lowest BCUT2D eigenvalue weighted by molar-refractivity contribution is -0.0103. The SMILES string of the molecule is Clc1nc(C23CC4CC(CC(C4)C2)C3)no1. The van der Waals surface area contributed by atoms with Crippen LogP contribution in [0, 0.1) is 17.8 Å². The van der Waals surface area contributed by atoms with E-state index >= 15 is 0 Å². The average molecular weight is 239 g/mol. The van der Waals surface area contributed by atoms with Gasteiger partial charge in [0.05, 0.1) is 0 Å². The van der Waals surface area contributed by atoms with E-state index in [0.29, 0.717) is 0 Å². The molecule has 1 aromatic heterocycles. The molecule has 0 radical (unpaired) electrons. The highest BCUT2D eigenvalue weighted by atomic mass is 35.5. The molecule has 4 fully saturated rings. The van der Waals surface area contributed by atoms with Crippen LogP contribution in [0.4, 0.5) is 0 Å². The van der Waals surface area contributed by atoms with E-state index < -0.39 is 0 Å². The van der Waals surface area contributed by atoms with E-state index in [1.165, 1.54) is 38.5 Å². The highest BCUT2D eigenvalue weighted by Gasteiger charge is 2.53. The van der Waals surface area contributed by atoms with Gasteiger partial charge in [0.2, 0.25) is 0 Å². The Bertz CT molecular complexity index is 393. The zero-order valence-electron chi connectivity index (χ0n) is 9.16. The van der Waals surface area contributed by atoms with Gasteiger partial charge in [0.25, 0.3) is 0 Å². The number of hydrogen-bond acceptors (Lipinski definition) is 3. The lowest BCUT2D eigenvalue weighted by Crippen LogP contribution is -2.49. The molecule has 1 heterocycles. The Morgan fingerprint density at radius 1 is 1.06 bits per heavy atom. The van der Waals surface area contributed by atoms with E-state index in [-0.39, 0.29) is 10.8 Å². The molecule has 0 unspecified atom stereocenters. The highest BCUT2D eigenvalue weighted by molar-refractivity contribution is 6.27. The predicted molar refractivity (Wildman–Crippen MR) is 59.2 cm³/mol. The van der Waals surface area contributed by atoms with Gasteiger partial charge in [0.15, 0.2) is 5.82 Å². The fourth-order valence-electron chi connectivity index (χ4n) is 4.80. The van der Waals surface area contributed by atoms with Crippen LogP contribution in [0.2, 0.25) is 5.35 Å². The second-order valence-corrected chi connectivity index (χ2v) is 6.39. The zero-order valence-corrected chi connectivity index (χ0v) is 9.91. The lowest BCUT2D eigenvalue weighted by Gasteiger charge is -2.55. The summed E-state index contributed by atoms with van der Waals surface area (Å²) in [4.78, 5) is 4.29. The van der Waals surface area contributed by atoms with Crippen LogP contribution in [0.5, 0.6) is 0 Å². The molecule has 4 aliphatic carbocycles. The van der Waals surface area contributed by atoms with Gasteiger partial charge in [-0.1, -0.05) is 5.16 Å². The second-order valence-electron chi connectivity index (χ2n) is 6.07. The first-order chi connectivity index (χ1) is 7.73. The molecule has 4 heteroatoms. The van der Waals surface area contributed by atoms with Crippen molar-refractivity contribution in [1.82, 2.24) is 10.1 Å². The Morgan fingerprint density at radius 3 is 2.06 bits per heavy atom. The Hall–Kier alpha value is -0.570. The molecule has 3 nitrogen and oxygen atoms in total. The third-order valence-electron chi connectivity index (χ3n) is 4.91. The van der Waals surface area contributed by atoms with Gasteiger partial charge in [-0.2, -0.15) is 4.98 Å². The molecule has 0 N–H and O–H groups in total. The van der Waals surface area contributed by atoms with Gasteiger partial charge in [-0.15, -0.1) is 0 Å². The highest BCUT2D eigenvalue weighted by Crippen LogP contribution is 2.60. The first kappa shape index (κ1) is 9.46. The predicted octanol–water partition coefficient (Wildman–Crippen LogP) is 3.19. The van der Waals surface area contributed by atoms with E-state index in [1.54, 1.807) is 0 Å². The van der Waals surface area contributed by atoms with E-state index in [9.17, 15) is 0 Å². The molecule has 0 saturated heterocycles. The van der Waals surface area contributed by atoms with Crippen LogP contribution in [0.15, 0.2) is 4.52 Å². The molecule has 86 valence electrons. The van der Waals surface area contributed by atoms with E-state index in [4.69, 9.17) is 16.1 Å². The van der Waals surface area contributed by atoms with Gasteiger partial charge in [0.1, 0.15) is 0 Å². The minimum absolute atomic E-state index is 0.200. The van der Waals surface area contributed by atoms with E-state index in [2.05, 4.69) is 10.1 Å². The van der Waals surface area contributed by atoms with Crippen LogP contribution in [-0.2, 0) is 5.41 Å². The van der Waals surface area contributed by atoms with Gasteiger partial charge in [-0.05, 0) is 67.9 Å². The number of rotatable bonds is 1. The largest absolute Gasteiger partial charge is 0.321 e. The minimum Gasteiger partial charge on any atom is -0.321 e. The maximum atomic E-state index is 5.76. The summed E-state index contributed by atoms with van der Waals surface area (Å²) in [5, 5.41) is 4.29. The second kappa shape index (κ2) is 3.00. The first-order valence-corrected chi connectivity index (χ1v) is 6.61. The molecule has 5 rings (SSSR count). The maximum absolute atomic E-state index is 5.76. The van der Waals surface area contributed by atoms with Gasteiger partial charge in [-0.25, -0.2) is 0 Å². The van der Waals surface area contributed by atoms with Crippen molar-refractivity contribution in [3.8, 4) is 0 Å². The van der Waals surface area contributed by atoms with Gasteiger partial charge in [-0.3, -0.25) is 0 Å². The van der Waals surface area contributed by atoms with Crippen molar-refractivity contribution >= 4 is 11.6 Å². The van der Waals surface area contributed by atoms with Crippen molar-refractivity contribution < 1.29 is 4.52 Å². The number of aromatic nitrogens is 2. The smallest absolute Gasteiger partial charge is 0.320 e. The third-order valence-corrected chi connectivity index (χ3v) is 5.07. The molecule has 4 bridgehead atoms. The van der Waals surface area contributed by atoms with Crippen LogP contribution in [0.25, 0.3) is 0 Å². The monoisotopic (exact) mass is 238 g/mol. The molecule has 0 spiro atoms. The fourth-order valence-corrected chi connectivity index (χ4v) is 4.92. The Labute approximate surface area is 99.6 Å². The first-order valence-electron chi connectivity index (χ1n) is 6.23. The fraction of sp³-hybridized carbons (Fsp3) is 0.833. The molecule has 0 atom stereocenters. The molecule has 1 aromatic rings. The average Bonchev–Trinajstić information content (AvgIpc) is 2.63. The Kier molecular flexibility index (Phi) is 1.78. The quantitative estimate of drug-likeness (QED) is 0.754. The number of hydrogen-bond donors (Lipinski definition) is 0. The summed E-state index contributed by atoms with van der Waals surface area (Å²) in [6.45, 7) is 0. The molecular formula is C12H15ClN2O.